The highest BCUT2D eigenvalue weighted by Crippen LogP contribution is 2.53. The average Bonchev–Trinajstić information content (AvgIpc) is 3.18. The molecule has 5 heteroatoms. The summed E-state index contributed by atoms with van der Waals surface area (Å²) in [6.07, 6.45) is 10.5. The van der Waals surface area contributed by atoms with Crippen LogP contribution in [0.2, 0.25) is 0 Å². The second-order valence-corrected chi connectivity index (χ2v) is 9.73. The van der Waals surface area contributed by atoms with Crippen molar-refractivity contribution in [2.75, 3.05) is 13.1 Å². The van der Waals surface area contributed by atoms with Gasteiger partial charge in [-0.3, -0.25) is 4.90 Å². The van der Waals surface area contributed by atoms with Gasteiger partial charge in [-0.1, -0.05) is 32.1 Å². The lowest BCUT2D eigenvalue weighted by molar-refractivity contribution is 0.00674. The monoisotopic (exact) mass is 368 g/mol. The molecule has 140 valence electrons. The lowest BCUT2D eigenvalue weighted by Gasteiger charge is -2.29. The lowest BCUT2D eigenvalue weighted by Crippen LogP contribution is -2.32. The fraction of sp³-hybridized carbons (Fsp3) is 0.850. The van der Waals surface area contributed by atoms with Gasteiger partial charge in [-0.25, -0.2) is 13.8 Å². The molecule has 0 spiro atoms. The van der Waals surface area contributed by atoms with E-state index in [4.69, 9.17) is 4.98 Å². The molecule has 3 aliphatic rings. The summed E-state index contributed by atoms with van der Waals surface area (Å²) < 4.78 is 26.4. The summed E-state index contributed by atoms with van der Waals surface area (Å²) in [5.41, 5.74) is 1.24. The summed E-state index contributed by atoms with van der Waals surface area (Å²) in [6, 6.07) is 0. The van der Waals surface area contributed by atoms with E-state index in [0.717, 1.165) is 43.8 Å². The minimum absolute atomic E-state index is 0.0232. The molecule has 2 unspecified atom stereocenters. The van der Waals surface area contributed by atoms with E-state index in [0.29, 0.717) is 5.92 Å². The first-order chi connectivity index (χ1) is 12.0. The number of alkyl halides is 2. The standard InChI is InChI=1S/C20H30F2N2S/c1-20(21,22)12-15-11-16(15)19-23-17-13-24(10-8-18(17)25-19)9-7-14-5-3-2-4-6-14/h14-16H,2-13H2,1H3. The predicted molar refractivity (Wildman–Crippen MR) is 98.4 cm³/mol. The summed E-state index contributed by atoms with van der Waals surface area (Å²) in [4.78, 5) is 8.85. The van der Waals surface area contributed by atoms with Crippen LogP contribution in [-0.4, -0.2) is 28.9 Å². The van der Waals surface area contributed by atoms with Gasteiger partial charge in [0.1, 0.15) is 0 Å². The Balaban J connectivity index is 1.29. The molecule has 1 aliphatic heterocycles. The number of aromatic nitrogens is 1. The molecule has 4 rings (SSSR count). The van der Waals surface area contributed by atoms with E-state index in [1.165, 1.54) is 55.6 Å². The van der Waals surface area contributed by atoms with Crippen molar-refractivity contribution < 1.29 is 8.78 Å². The van der Waals surface area contributed by atoms with Crippen LogP contribution >= 0.6 is 11.3 Å². The minimum Gasteiger partial charge on any atom is -0.297 e. The van der Waals surface area contributed by atoms with Gasteiger partial charge in [-0.2, -0.15) is 0 Å². The zero-order chi connectivity index (χ0) is 17.4. The van der Waals surface area contributed by atoms with Gasteiger partial charge in [0.2, 0.25) is 5.92 Å². The Morgan fingerprint density at radius 2 is 2.04 bits per heavy atom. The molecule has 2 saturated carbocycles. The Hall–Kier alpha value is -0.550. The van der Waals surface area contributed by atoms with E-state index >= 15 is 0 Å². The number of halogens is 2. The van der Waals surface area contributed by atoms with Crippen LogP contribution in [0.3, 0.4) is 0 Å². The maximum Gasteiger partial charge on any atom is 0.245 e. The average molecular weight is 369 g/mol. The molecule has 2 nitrogen and oxygen atoms in total. The topological polar surface area (TPSA) is 16.1 Å². The van der Waals surface area contributed by atoms with E-state index < -0.39 is 5.92 Å². The van der Waals surface area contributed by atoms with E-state index in [2.05, 4.69) is 4.90 Å². The van der Waals surface area contributed by atoms with Crippen molar-refractivity contribution >= 4 is 11.3 Å². The van der Waals surface area contributed by atoms with E-state index in [9.17, 15) is 8.78 Å². The molecule has 0 N–H and O–H groups in total. The molecule has 2 fully saturated rings. The van der Waals surface area contributed by atoms with E-state index in [-0.39, 0.29) is 12.3 Å². The van der Waals surface area contributed by atoms with Crippen LogP contribution in [0.25, 0.3) is 0 Å². The number of hydrogen-bond acceptors (Lipinski definition) is 3. The molecule has 0 amide bonds. The summed E-state index contributed by atoms with van der Waals surface area (Å²) in [7, 11) is 0. The smallest absolute Gasteiger partial charge is 0.245 e. The third kappa shape index (κ3) is 4.60. The first-order valence-corrected chi connectivity index (χ1v) is 10.9. The number of hydrogen-bond donors (Lipinski definition) is 0. The molecule has 0 radical (unpaired) electrons. The van der Waals surface area contributed by atoms with Crippen LogP contribution in [0.15, 0.2) is 0 Å². The van der Waals surface area contributed by atoms with Gasteiger partial charge in [0, 0.05) is 30.3 Å². The quantitative estimate of drug-likeness (QED) is 0.648. The Labute approximate surface area is 154 Å². The maximum absolute atomic E-state index is 13.2. The fourth-order valence-electron chi connectivity index (χ4n) is 4.70. The Kier molecular flexibility index (Phi) is 5.16. The molecule has 1 aromatic rings. The third-order valence-electron chi connectivity index (χ3n) is 6.26. The Morgan fingerprint density at radius 1 is 1.24 bits per heavy atom. The van der Waals surface area contributed by atoms with Crippen LogP contribution in [0.5, 0.6) is 0 Å². The first-order valence-electron chi connectivity index (χ1n) is 10.1. The van der Waals surface area contributed by atoms with Crippen molar-refractivity contribution in [3.63, 3.8) is 0 Å². The van der Waals surface area contributed by atoms with E-state index in [1.54, 1.807) is 11.3 Å². The lowest BCUT2D eigenvalue weighted by atomic mass is 9.87. The Morgan fingerprint density at radius 3 is 2.80 bits per heavy atom. The van der Waals surface area contributed by atoms with Gasteiger partial charge in [-0.05, 0) is 44.6 Å². The van der Waals surface area contributed by atoms with Crippen molar-refractivity contribution in [2.24, 2.45) is 11.8 Å². The maximum atomic E-state index is 13.2. The van der Waals surface area contributed by atoms with Gasteiger partial charge in [0.25, 0.3) is 0 Å². The molecule has 25 heavy (non-hydrogen) atoms. The summed E-state index contributed by atoms with van der Waals surface area (Å²) >= 11 is 1.80. The molecule has 0 saturated heterocycles. The fourth-order valence-corrected chi connectivity index (χ4v) is 5.97. The number of thiazole rings is 1. The molecule has 2 aliphatic carbocycles. The van der Waals surface area contributed by atoms with Crippen molar-refractivity contribution in [3.05, 3.63) is 15.6 Å². The molecule has 1 aromatic heterocycles. The molecule has 0 aromatic carbocycles. The summed E-state index contributed by atoms with van der Waals surface area (Å²) in [5.74, 6) is -1.15. The third-order valence-corrected chi connectivity index (χ3v) is 7.55. The normalized spacial score (nSPS) is 28.1. The van der Waals surface area contributed by atoms with Crippen molar-refractivity contribution in [1.29, 1.82) is 0 Å². The number of nitrogens with zero attached hydrogens (tertiary/aromatic N) is 2. The van der Waals surface area contributed by atoms with Crippen LogP contribution < -0.4 is 0 Å². The SMILES string of the molecule is CC(F)(F)CC1CC1c1nc2c(s1)CCN(CCC1CCCCC1)C2. The van der Waals surface area contributed by atoms with Gasteiger partial charge >= 0.3 is 0 Å². The zero-order valence-corrected chi connectivity index (χ0v) is 16.1. The zero-order valence-electron chi connectivity index (χ0n) is 15.3. The molecule has 2 atom stereocenters. The molecular formula is C20H30F2N2S. The first kappa shape index (κ1) is 17.8. The minimum atomic E-state index is -2.54. The van der Waals surface area contributed by atoms with Crippen LogP contribution in [0, 0.1) is 11.8 Å². The van der Waals surface area contributed by atoms with Crippen LogP contribution in [-0.2, 0) is 13.0 Å². The highest BCUT2D eigenvalue weighted by atomic mass is 32.1. The highest BCUT2D eigenvalue weighted by Gasteiger charge is 2.45. The molecule has 2 heterocycles. The van der Waals surface area contributed by atoms with E-state index in [1.807, 2.05) is 0 Å². The van der Waals surface area contributed by atoms with Crippen LogP contribution in [0.4, 0.5) is 8.78 Å². The van der Waals surface area contributed by atoms with Gasteiger partial charge < -0.3 is 0 Å². The van der Waals surface area contributed by atoms with Gasteiger partial charge in [0.05, 0.1) is 10.7 Å². The summed E-state index contributed by atoms with van der Waals surface area (Å²) in [6.45, 7) is 4.35. The Bertz CT molecular complexity index is 589. The number of fused-ring (bicyclic) bond motifs is 1. The van der Waals surface area contributed by atoms with Crippen LogP contribution in [0.1, 0.15) is 79.8 Å². The van der Waals surface area contributed by atoms with Gasteiger partial charge in [-0.15, -0.1) is 11.3 Å². The second-order valence-electron chi connectivity index (χ2n) is 8.62. The van der Waals surface area contributed by atoms with Crippen molar-refractivity contribution in [2.45, 2.75) is 83.1 Å². The predicted octanol–water partition coefficient (Wildman–Crippen LogP) is 5.62. The molecular weight excluding hydrogens is 338 g/mol. The number of rotatable bonds is 6. The summed E-state index contributed by atoms with van der Waals surface area (Å²) in [5, 5.41) is 1.13. The second kappa shape index (κ2) is 7.22. The molecule has 0 bridgehead atoms. The highest BCUT2D eigenvalue weighted by molar-refractivity contribution is 7.11. The van der Waals surface area contributed by atoms with Crippen molar-refractivity contribution in [1.82, 2.24) is 9.88 Å². The van der Waals surface area contributed by atoms with Gasteiger partial charge in [0.15, 0.2) is 0 Å². The largest absolute Gasteiger partial charge is 0.297 e. The van der Waals surface area contributed by atoms with Crippen molar-refractivity contribution in [3.8, 4) is 0 Å².